The number of pyridine rings is 1. The molecule has 3 aromatic heterocycles. The Labute approximate surface area is 194 Å². The van der Waals surface area contributed by atoms with E-state index in [0.717, 1.165) is 37.1 Å². The number of aryl methyl sites for hydroxylation is 2. The van der Waals surface area contributed by atoms with Gasteiger partial charge in [-0.3, -0.25) is 14.5 Å². The van der Waals surface area contributed by atoms with Gasteiger partial charge in [-0.05, 0) is 62.6 Å². The minimum absolute atomic E-state index is 0.104. The number of carbonyl (C=O) groups excluding carboxylic acids is 1. The maximum Gasteiger partial charge on any atom is 0.227 e. The van der Waals surface area contributed by atoms with Gasteiger partial charge in [-0.1, -0.05) is 18.6 Å². The molecule has 170 valence electrons. The largest absolute Gasteiger partial charge is 0.358 e. The number of amides is 1. The van der Waals surface area contributed by atoms with E-state index in [1.54, 1.807) is 0 Å². The predicted octanol–water partition coefficient (Wildman–Crippen LogP) is 5.09. The molecule has 0 unspecified atom stereocenters. The third-order valence-corrected chi connectivity index (χ3v) is 6.75. The quantitative estimate of drug-likeness (QED) is 0.469. The number of H-pyrrole nitrogens is 1. The smallest absolute Gasteiger partial charge is 0.227 e. The predicted molar refractivity (Wildman–Crippen MR) is 131 cm³/mol. The highest BCUT2D eigenvalue weighted by atomic mass is 16.2. The van der Waals surface area contributed by atoms with Crippen molar-refractivity contribution in [2.45, 2.75) is 46.1 Å². The average molecular weight is 442 g/mol. The summed E-state index contributed by atoms with van der Waals surface area (Å²) >= 11 is 0. The van der Waals surface area contributed by atoms with E-state index in [4.69, 9.17) is 0 Å². The van der Waals surface area contributed by atoms with E-state index < -0.39 is 0 Å². The second kappa shape index (κ2) is 8.85. The zero-order valence-corrected chi connectivity index (χ0v) is 19.6. The molecular formula is C27H31N5O. The third kappa shape index (κ3) is 4.30. The lowest BCUT2D eigenvalue weighted by Gasteiger charge is -2.34. The van der Waals surface area contributed by atoms with Crippen LogP contribution in [-0.2, 0) is 11.3 Å². The minimum Gasteiger partial charge on any atom is -0.358 e. The van der Waals surface area contributed by atoms with Gasteiger partial charge >= 0.3 is 0 Å². The molecule has 0 bridgehead atoms. The first-order valence-electron chi connectivity index (χ1n) is 11.8. The molecule has 0 aliphatic carbocycles. The molecule has 6 nitrogen and oxygen atoms in total. The summed E-state index contributed by atoms with van der Waals surface area (Å²) in [4.78, 5) is 23.3. The van der Waals surface area contributed by atoms with E-state index in [0.29, 0.717) is 6.54 Å². The van der Waals surface area contributed by atoms with Crippen LogP contribution < -0.4 is 0 Å². The van der Waals surface area contributed by atoms with Crippen LogP contribution in [0.2, 0.25) is 0 Å². The lowest BCUT2D eigenvalue weighted by atomic mass is 9.89. The Morgan fingerprint density at radius 2 is 2.00 bits per heavy atom. The third-order valence-electron chi connectivity index (χ3n) is 6.75. The number of nitrogens with zero attached hydrogens (tertiary/aromatic N) is 4. The van der Waals surface area contributed by atoms with E-state index in [-0.39, 0.29) is 17.7 Å². The molecule has 1 N–H and O–H groups in total. The molecule has 5 rings (SSSR count). The van der Waals surface area contributed by atoms with Crippen LogP contribution >= 0.6 is 0 Å². The standard InChI is InChI=1S/C27H31N5O/c1-18-6-7-24-23(15-18)25(21-8-11-28-12-9-21)26(29-24)22-5-4-13-31(17-22)27(33)19(2)16-32-14-10-20(3)30-32/h6-12,14-15,19,22,29H,4-5,13,16-17H2,1-3H3/t19-,22+/m0/s1. The van der Waals surface area contributed by atoms with Crippen molar-refractivity contribution in [3.8, 4) is 11.1 Å². The van der Waals surface area contributed by atoms with Gasteiger partial charge in [-0.25, -0.2) is 0 Å². The van der Waals surface area contributed by atoms with Crippen molar-refractivity contribution < 1.29 is 4.79 Å². The van der Waals surface area contributed by atoms with Crippen LogP contribution in [0.25, 0.3) is 22.0 Å². The highest BCUT2D eigenvalue weighted by Crippen LogP contribution is 2.39. The lowest BCUT2D eigenvalue weighted by Crippen LogP contribution is -2.42. The van der Waals surface area contributed by atoms with Crippen LogP contribution in [-0.4, -0.2) is 43.6 Å². The molecule has 0 saturated carbocycles. The summed E-state index contributed by atoms with van der Waals surface area (Å²) in [6.45, 7) is 8.29. The summed E-state index contributed by atoms with van der Waals surface area (Å²) in [5, 5.41) is 5.69. The van der Waals surface area contributed by atoms with Gasteiger partial charge in [-0.15, -0.1) is 0 Å². The van der Waals surface area contributed by atoms with Gasteiger partial charge in [0.05, 0.1) is 18.2 Å². The zero-order valence-electron chi connectivity index (χ0n) is 19.6. The van der Waals surface area contributed by atoms with Crippen molar-refractivity contribution >= 4 is 16.8 Å². The van der Waals surface area contributed by atoms with Crippen molar-refractivity contribution in [3.63, 3.8) is 0 Å². The molecular weight excluding hydrogens is 410 g/mol. The molecule has 1 amide bonds. The molecule has 1 aliphatic rings. The monoisotopic (exact) mass is 441 g/mol. The molecule has 0 spiro atoms. The van der Waals surface area contributed by atoms with Crippen molar-refractivity contribution in [1.29, 1.82) is 0 Å². The lowest BCUT2D eigenvalue weighted by molar-refractivity contribution is -0.136. The fourth-order valence-corrected chi connectivity index (χ4v) is 5.11. The van der Waals surface area contributed by atoms with Gasteiger partial charge in [-0.2, -0.15) is 5.10 Å². The van der Waals surface area contributed by atoms with Crippen molar-refractivity contribution in [1.82, 2.24) is 24.6 Å². The van der Waals surface area contributed by atoms with Crippen LogP contribution in [0.15, 0.2) is 55.0 Å². The molecule has 1 saturated heterocycles. The topological polar surface area (TPSA) is 66.8 Å². The van der Waals surface area contributed by atoms with Crippen molar-refractivity contribution in [2.75, 3.05) is 13.1 Å². The van der Waals surface area contributed by atoms with Gasteiger partial charge in [0, 0.05) is 59.8 Å². The van der Waals surface area contributed by atoms with E-state index >= 15 is 0 Å². The molecule has 1 fully saturated rings. The number of carbonyl (C=O) groups is 1. The number of rotatable bonds is 5. The number of likely N-dealkylation sites (tertiary alicyclic amines) is 1. The highest BCUT2D eigenvalue weighted by Gasteiger charge is 2.30. The van der Waals surface area contributed by atoms with Gasteiger partial charge in [0.2, 0.25) is 5.91 Å². The van der Waals surface area contributed by atoms with Crippen LogP contribution in [0.5, 0.6) is 0 Å². The van der Waals surface area contributed by atoms with Gasteiger partial charge < -0.3 is 9.88 Å². The van der Waals surface area contributed by atoms with Crippen LogP contribution in [0.3, 0.4) is 0 Å². The number of hydrogen-bond donors (Lipinski definition) is 1. The van der Waals surface area contributed by atoms with E-state index in [1.807, 2.05) is 43.2 Å². The Morgan fingerprint density at radius 3 is 2.76 bits per heavy atom. The highest BCUT2D eigenvalue weighted by molar-refractivity contribution is 5.98. The van der Waals surface area contributed by atoms with Crippen molar-refractivity contribution in [2.24, 2.45) is 5.92 Å². The van der Waals surface area contributed by atoms with Crippen LogP contribution in [0, 0.1) is 19.8 Å². The summed E-state index contributed by atoms with van der Waals surface area (Å²) in [5.41, 5.74) is 7.01. The minimum atomic E-state index is -0.104. The van der Waals surface area contributed by atoms with E-state index in [1.165, 1.54) is 27.8 Å². The Hall–Kier alpha value is -3.41. The molecule has 4 aromatic rings. The maximum absolute atomic E-state index is 13.3. The molecule has 33 heavy (non-hydrogen) atoms. The summed E-state index contributed by atoms with van der Waals surface area (Å²) in [5.74, 6) is 0.385. The van der Waals surface area contributed by atoms with Crippen LogP contribution in [0.1, 0.15) is 42.6 Å². The first-order valence-corrected chi connectivity index (χ1v) is 11.8. The summed E-state index contributed by atoms with van der Waals surface area (Å²) in [6.07, 6.45) is 7.73. The van der Waals surface area contributed by atoms with Gasteiger partial charge in [0.15, 0.2) is 0 Å². The SMILES string of the molecule is Cc1ccc2[nH]c([C@@H]3CCCN(C(=O)[C@@H](C)Cn4ccc(C)n4)C3)c(-c3ccncc3)c2c1. The summed E-state index contributed by atoms with van der Waals surface area (Å²) in [6, 6.07) is 12.7. The van der Waals surface area contributed by atoms with Crippen molar-refractivity contribution in [3.05, 3.63) is 71.9 Å². The molecule has 1 aromatic carbocycles. The number of benzene rings is 1. The Bertz CT molecular complexity index is 1270. The first-order chi connectivity index (χ1) is 16.0. The normalized spacial score (nSPS) is 17.4. The number of piperidine rings is 1. The molecule has 4 heterocycles. The van der Waals surface area contributed by atoms with Gasteiger partial charge in [0.1, 0.15) is 0 Å². The van der Waals surface area contributed by atoms with Crippen LogP contribution in [0.4, 0.5) is 0 Å². The summed E-state index contributed by atoms with van der Waals surface area (Å²) < 4.78 is 1.88. The number of nitrogens with one attached hydrogen (secondary N) is 1. The maximum atomic E-state index is 13.3. The molecule has 6 heteroatoms. The number of aromatic amines is 1. The second-order valence-electron chi connectivity index (χ2n) is 9.40. The van der Waals surface area contributed by atoms with E-state index in [9.17, 15) is 4.79 Å². The Kier molecular flexibility index (Phi) is 5.75. The van der Waals surface area contributed by atoms with Gasteiger partial charge in [0.25, 0.3) is 0 Å². The zero-order chi connectivity index (χ0) is 22.9. The number of aromatic nitrogens is 4. The fourth-order valence-electron chi connectivity index (χ4n) is 5.11. The second-order valence-corrected chi connectivity index (χ2v) is 9.40. The molecule has 1 aliphatic heterocycles. The Balaban J connectivity index is 1.43. The number of fused-ring (bicyclic) bond motifs is 1. The first kappa shape index (κ1) is 21.4. The summed E-state index contributed by atoms with van der Waals surface area (Å²) in [7, 11) is 0. The average Bonchev–Trinajstić information content (AvgIpc) is 3.41. The molecule has 0 radical (unpaired) electrons. The number of hydrogen-bond acceptors (Lipinski definition) is 3. The molecule has 2 atom stereocenters. The fraction of sp³-hybridized carbons (Fsp3) is 0.370. The van der Waals surface area contributed by atoms with E-state index in [2.05, 4.69) is 57.2 Å². The Morgan fingerprint density at radius 1 is 1.18 bits per heavy atom.